The summed E-state index contributed by atoms with van der Waals surface area (Å²) in [6.45, 7) is 1.76. The van der Waals surface area contributed by atoms with Gasteiger partial charge in [0.2, 0.25) is 5.43 Å². The molecule has 0 amide bonds. The van der Waals surface area contributed by atoms with Gasteiger partial charge in [0.15, 0.2) is 5.69 Å². The van der Waals surface area contributed by atoms with Crippen molar-refractivity contribution in [2.45, 2.75) is 13.3 Å². The van der Waals surface area contributed by atoms with Crippen molar-refractivity contribution in [2.75, 3.05) is 14.2 Å². The average Bonchev–Trinajstić information content (AvgIpc) is 2.87. The van der Waals surface area contributed by atoms with Crippen LogP contribution in [0.5, 0.6) is 5.75 Å². The quantitative estimate of drug-likeness (QED) is 0.449. The van der Waals surface area contributed by atoms with Gasteiger partial charge in [-0.25, -0.2) is 19.4 Å². The van der Waals surface area contributed by atoms with Crippen LogP contribution in [0.4, 0.5) is 0 Å². The van der Waals surface area contributed by atoms with Gasteiger partial charge < -0.3 is 19.2 Å². The summed E-state index contributed by atoms with van der Waals surface area (Å²) in [6.07, 6.45) is 0.281. The van der Waals surface area contributed by atoms with Gasteiger partial charge in [0.1, 0.15) is 17.0 Å². The Labute approximate surface area is 193 Å². The van der Waals surface area contributed by atoms with Crippen molar-refractivity contribution in [2.24, 2.45) is 0 Å². The first kappa shape index (κ1) is 22.7. The number of carbonyl (C=O) groups excluding carboxylic acids is 3. The minimum atomic E-state index is -1.07. The van der Waals surface area contributed by atoms with Gasteiger partial charge in [0.25, 0.3) is 0 Å². The average molecular weight is 460 g/mol. The molecule has 0 aliphatic carbocycles. The van der Waals surface area contributed by atoms with Crippen molar-refractivity contribution < 1.29 is 28.6 Å². The van der Waals surface area contributed by atoms with Gasteiger partial charge in [-0.05, 0) is 30.7 Å². The first-order chi connectivity index (χ1) is 16.4. The van der Waals surface area contributed by atoms with Crippen molar-refractivity contribution in [3.05, 3.63) is 81.3 Å². The Hall–Kier alpha value is -4.53. The highest BCUT2D eigenvalue weighted by Crippen LogP contribution is 2.32. The summed E-state index contributed by atoms with van der Waals surface area (Å²) < 4.78 is 15.3. The lowest BCUT2D eigenvalue weighted by Gasteiger charge is -2.16. The summed E-state index contributed by atoms with van der Waals surface area (Å²) in [7, 11) is 2.36. The fourth-order valence-electron chi connectivity index (χ4n) is 3.76. The van der Waals surface area contributed by atoms with Gasteiger partial charge in [-0.2, -0.15) is 0 Å². The largest absolute Gasteiger partial charge is 0.464 e. The molecular weight excluding hydrogens is 440 g/mol. The third-order valence-electron chi connectivity index (χ3n) is 5.37. The van der Waals surface area contributed by atoms with Crippen LogP contribution < -0.4 is 10.2 Å². The number of pyridine rings is 2. The zero-order valence-electron chi connectivity index (χ0n) is 18.6. The number of methoxy groups -OCH3 is 2. The molecule has 4 rings (SSSR count). The van der Waals surface area contributed by atoms with Crippen LogP contribution in [0.25, 0.3) is 21.8 Å². The number of H-pyrrole nitrogens is 1. The van der Waals surface area contributed by atoms with Crippen LogP contribution in [0.1, 0.15) is 43.8 Å². The molecule has 0 radical (unpaired) electrons. The molecule has 34 heavy (non-hydrogen) atoms. The van der Waals surface area contributed by atoms with Gasteiger partial charge >= 0.3 is 17.9 Å². The number of benzene rings is 2. The number of hydrogen-bond donors (Lipinski definition) is 1. The monoisotopic (exact) mass is 460 g/mol. The van der Waals surface area contributed by atoms with E-state index in [1.165, 1.54) is 13.2 Å². The second-order valence-electron chi connectivity index (χ2n) is 7.26. The molecule has 2 heterocycles. The van der Waals surface area contributed by atoms with Crippen LogP contribution in [0.3, 0.4) is 0 Å². The predicted molar refractivity (Wildman–Crippen MR) is 123 cm³/mol. The number of fused-ring (bicyclic) bond motifs is 2. The first-order valence-corrected chi connectivity index (χ1v) is 10.4. The maximum atomic E-state index is 13.4. The molecule has 0 spiro atoms. The molecule has 2 aromatic heterocycles. The normalized spacial score (nSPS) is 10.8. The number of nitrogens with zero attached hydrogens (tertiary/aromatic N) is 1. The molecule has 172 valence electrons. The summed E-state index contributed by atoms with van der Waals surface area (Å²) in [4.78, 5) is 58.6. The van der Waals surface area contributed by atoms with E-state index in [0.29, 0.717) is 22.0 Å². The topological polar surface area (TPSA) is 125 Å². The molecule has 0 fully saturated rings. The summed E-state index contributed by atoms with van der Waals surface area (Å²) in [5.41, 5.74) is -0.453. The van der Waals surface area contributed by atoms with Crippen LogP contribution in [-0.2, 0) is 15.9 Å². The summed E-state index contributed by atoms with van der Waals surface area (Å²) >= 11 is 0. The number of esters is 3. The van der Waals surface area contributed by atoms with Gasteiger partial charge in [-0.3, -0.25) is 4.79 Å². The molecule has 0 atom stereocenters. The summed E-state index contributed by atoms with van der Waals surface area (Å²) in [6, 6.07) is 13.2. The van der Waals surface area contributed by atoms with Crippen LogP contribution in [0, 0.1) is 0 Å². The van der Waals surface area contributed by atoms with Gasteiger partial charge in [-0.15, -0.1) is 0 Å². The fourth-order valence-corrected chi connectivity index (χ4v) is 3.76. The summed E-state index contributed by atoms with van der Waals surface area (Å²) in [5, 5.41) is 0.657. The van der Waals surface area contributed by atoms with E-state index in [9.17, 15) is 19.2 Å². The van der Waals surface area contributed by atoms with E-state index in [2.05, 4.69) is 9.97 Å². The van der Waals surface area contributed by atoms with Crippen molar-refractivity contribution in [1.29, 1.82) is 0 Å². The Kier molecular flexibility index (Phi) is 6.09. The Morgan fingerprint density at radius 1 is 0.882 bits per heavy atom. The van der Waals surface area contributed by atoms with Gasteiger partial charge in [0, 0.05) is 21.9 Å². The number of rotatable bonds is 5. The van der Waals surface area contributed by atoms with E-state index in [1.54, 1.807) is 49.4 Å². The maximum absolute atomic E-state index is 13.4. The van der Waals surface area contributed by atoms with E-state index in [0.717, 1.165) is 7.11 Å². The molecular formula is C25H20N2O7. The lowest BCUT2D eigenvalue weighted by atomic mass is 10.0. The molecule has 1 N–H and O–H groups in total. The molecule has 9 nitrogen and oxygen atoms in total. The SMILES string of the molecule is CCc1c(C(=O)OC)nc2ccccc2c1OC(=O)c1c(C(=O)OC)[nH]c2ccccc2c1=O. The minimum Gasteiger partial charge on any atom is -0.464 e. The number of aromatic amines is 1. The number of ether oxygens (including phenoxy) is 3. The van der Waals surface area contributed by atoms with E-state index in [4.69, 9.17) is 14.2 Å². The number of nitrogens with one attached hydrogen (secondary N) is 1. The molecule has 0 unspecified atom stereocenters. The molecule has 0 aliphatic rings. The lowest BCUT2D eigenvalue weighted by Crippen LogP contribution is -2.27. The van der Waals surface area contributed by atoms with E-state index in [1.807, 2.05) is 0 Å². The molecule has 9 heteroatoms. The molecule has 2 aromatic carbocycles. The van der Waals surface area contributed by atoms with Crippen LogP contribution in [0.2, 0.25) is 0 Å². The molecule has 0 aliphatic heterocycles. The Morgan fingerprint density at radius 3 is 2.21 bits per heavy atom. The molecule has 0 bridgehead atoms. The van der Waals surface area contributed by atoms with Crippen molar-refractivity contribution >= 4 is 39.7 Å². The zero-order chi connectivity index (χ0) is 24.4. The Morgan fingerprint density at radius 2 is 1.53 bits per heavy atom. The second kappa shape index (κ2) is 9.14. The predicted octanol–water partition coefficient (Wildman–Crippen LogP) is 3.43. The lowest BCUT2D eigenvalue weighted by molar-refractivity contribution is 0.0580. The van der Waals surface area contributed by atoms with Crippen molar-refractivity contribution in [3.8, 4) is 5.75 Å². The third kappa shape index (κ3) is 3.77. The second-order valence-corrected chi connectivity index (χ2v) is 7.26. The zero-order valence-corrected chi connectivity index (χ0v) is 18.6. The number of hydrogen-bond acceptors (Lipinski definition) is 8. The smallest absolute Gasteiger partial charge is 0.357 e. The molecule has 4 aromatic rings. The highest BCUT2D eigenvalue weighted by Gasteiger charge is 2.28. The molecule has 0 saturated heterocycles. The van der Waals surface area contributed by atoms with E-state index >= 15 is 0 Å². The maximum Gasteiger partial charge on any atom is 0.357 e. The van der Waals surface area contributed by atoms with Crippen LogP contribution >= 0.6 is 0 Å². The Bertz CT molecular complexity index is 1520. The van der Waals surface area contributed by atoms with E-state index < -0.39 is 28.9 Å². The Balaban J connectivity index is 1.96. The third-order valence-corrected chi connectivity index (χ3v) is 5.37. The van der Waals surface area contributed by atoms with Gasteiger partial charge in [-0.1, -0.05) is 31.2 Å². The molecule has 0 saturated carbocycles. The van der Waals surface area contributed by atoms with Crippen molar-refractivity contribution in [1.82, 2.24) is 9.97 Å². The van der Waals surface area contributed by atoms with Crippen LogP contribution in [-0.4, -0.2) is 42.1 Å². The standard InChI is InChI=1S/C25H20N2O7/c1-4-13-19(24(30)32-2)26-17-12-8-6-10-15(17)22(13)34-23(29)18-20(25(31)33-3)27-16-11-7-5-9-14(16)21(18)28/h5-12H,4H2,1-3H3,(H,27,28). The number of carbonyl (C=O) groups is 3. The minimum absolute atomic E-state index is 0.00730. The fraction of sp³-hybridized carbons (Fsp3) is 0.160. The first-order valence-electron chi connectivity index (χ1n) is 10.4. The number of para-hydroxylation sites is 2. The highest BCUT2D eigenvalue weighted by atomic mass is 16.5. The van der Waals surface area contributed by atoms with Crippen molar-refractivity contribution in [3.63, 3.8) is 0 Å². The summed E-state index contributed by atoms with van der Waals surface area (Å²) in [5.74, 6) is -2.62. The highest BCUT2D eigenvalue weighted by molar-refractivity contribution is 6.06. The van der Waals surface area contributed by atoms with Crippen LogP contribution in [0.15, 0.2) is 53.3 Å². The number of aromatic nitrogens is 2. The van der Waals surface area contributed by atoms with Gasteiger partial charge in [0.05, 0.1) is 19.7 Å². The van der Waals surface area contributed by atoms with E-state index in [-0.39, 0.29) is 28.9 Å².